The Morgan fingerprint density at radius 3 is 2.79 bits per heavy atom. The fourth-order valence-electron chi connectivity index (χ4n) is 3.89. The van der Waals surface area contributed by atoms with Crippen molar-refractivity contribution in [3.05, 3.63) is 101 Å². The molecule has 0 saturated carbocycles. The van der Waals surface area contributed by atoms with Gasteiger partial charge in [-0.25, -0.2) is 14.4 Å². The van der Waals surface area contributed by atoms with Crippen molar-refractivity contribution in [3.63, 3.8) is 0 Å². The smallest absolute Gasteiger partial charge is 0.141 e. The van der Waals surface area contributed by atoms with Crippen LogP contribution in [0.3, 0.4) is 0 Å². The van der Waals surface area contributed by atoms with E-state index in [0.717, 1.165) is 51.5 Å². The third kappa shape index (κ3) is 6.60. The summed E-state index contributed by atoms with van der Waals surface area (Å²) in [6.07, 6.45) is 1.52. The lowest BCUT2D eigenvalue weighted by molar-refractivity contribution is 0.306. The van der Waals surface area contributed by atoms with Crippen molar-refractivity contribution in [3.8, 4) is 17.1 Å². The Bertz CT molecular complexity index is 1550. The summed E-state index contributed by atoms with van der Waals surface area (Å²) in [4.78, 5) is 8.86. The van der Waals surface area contributed by atoms with Crippen LogP contribution in [0.1, 0.15) is 11.3 Å². The van der Waals surface area contributed by atoms with E-state index in [-0.39, 0.29) is 12.4 Å². The highest BCUT2D eigenvalue weighted by molar-refractivity contribution is 8.68. The molecule has 2 aromatic heterocycles. The van der Waals surface area contributed by atoms with Gasteiger partial charge >= 0.3 is 0 Å². The normalized spacial score (nSPS) is 11.1. The molecule has 2 heterocycles. The van der Waals surface area contributed by atoms with Gasteiger partial charge in [-0.15, -0.1) is 11.7 Å². The van der Waals surface area contributed by atoms with E-state index in [1.807, 2.05) is 36.4 Å². The monoisotopic (exact) mass is 566 g/mol. The first-order valence-corrected chi connectivity index (χ1v) is 14.3. The van der Waals surface area contributed by atoms with Crippen molar-refractivity contribution in [2.45, 2.75) is 13.2 Å². The molecule has 5 aromatic rings. The second-order valence-corrected chi connectivity index (χ2v) is 10.3. The first kappa shape index (κ1) is 26.4. The minimum atomic E-state index is -0.305. The highest BCUT2D eigenvalue weighted by Gasteiger charge is 2.11. The van der Waals surface area contributed by atoms with Crippen molar-refractivity contribution in [1.29, 1.82) is 0 Å². The second-order valence-electron chi connectivity index (χ2n) is 8.42. The molecule has 5 rings (SSSR count). The maximum absolute atomic E-state index is 13.4. The maximum atomic E-state index is 13.4. The lowest BCUT2D eigenvalue weighted by Gasteiger charge is -2.12. The molecule has 0 atom stereocenters. The molecule has 0 amide bonds. The summed E-state index contributed by atoms with van der Waals surface area (Å²) < 4.78 is 25.3. The quantitative estimate of drug-likeness (QED) is 0.0860. The Labute approximate surface area is 233 Å². The molecule has 0 fully saturated rings. The molecule has 0 spiro atoms. The summed E-state index contributed by atoms with van der Waals surface area (Å²) in [5.74, 6) is 3.39. The molecule has 0 saturated heterocycles. The number of halogens is 2. The van der Waals surface area contributed by atoms with Crippen molar-refractivity contribution in [1.82, 2.24) is 15.3 Å². The third-order valence-electron chi connectivity index (χ3n) is 5.73. The Kier molecular flexibility index (Phi) is 8.70. The van der Waals surface area contributed by atoms with Crippen molar-refractivity contribution < 1.29 is 13.5 Å². The molecule has 2 N–H and O–H groups in total. The molecule has 0 bridgehead atoms. The number of hydrogen-bond donors (Lipinski definition) is 3. The van der Waals surface area contributed by atoms with E-state index in [1.165, 1.54) is 29.3 Å². The molecule has 38 heavy (non-hydrogen) atoms. The van der Waals surface area contributed by atoms with Gasteiger partial charge in [-0.3, -0.25) is 0 Å². The van der Waals surface area contributed by atoms with Gasteiger partial charge in [0.05, 0.1) is 17.1 Å². The van der Waals surface area contributed by atoms with E-state index < -0.39 is 0 Å². The number of aromatic nitrogens is 2. The highest BCUT2D eigenvalue weighted by Crippen LogP contribution is 2.32. The summed E-state index contributed by atoms with van der Waals surface area (Å²) in [6.45, 7) is 1.72. The Hall–Kier alpha value is -3.24. The predicted octanol–water partition coefficient (Wildman–Crippen LogP) is 7.67. The zero-order chi connectivity index (χ0) is 26.3. The number of anilines is 2. The fraction of sp³-hybridized carbons (Fsp3) is 0.143. The van der Waals surface area contributed by atoms with Crippen LogP contribution in [0.4, 0.5) is 15.9 Å². The van der Waals surface area contributed by atoms with E-state index in [2.05, 4.69) is 32.3 Å². The van der Waals surface area contributed by atoms with Crippen molar-refractivity contribution >= 4 is 56.5 Å². The van der Waals surface area contributed by atoms with Gasteiger partial charge in [-0.2, -0.15) is 0 Å². The molecule has 0 aliphatic rings. The zero-order valence-corrected chi connectivity index (χ0v) is 22.6. The maximum Gasteiger partial charge on any atom is 0.141 e. The van der Waals surface area contributed by atoms with Gasteiger partial charge in [0.15, 0.2) is 0 Å². The minimum absolute atomic E-state index is 0.211. The fourth-order valence-corrected chi connectivity index (χ4v) is 4.63. The van der Waals surface area contributed by atoms with Gasteiger partial charge in [0.2, 0.25) is 0 Å². The number of nitrogens with one attached hydrogen (secondary N) is 2. The van der Waals surface area contributed by atoms with Gasteiger partial charge in [-0.05, 0) is 66.2 Å². The van der Waals surface area contributed by atoms with Crippen LogP contribution in [0.15, 0.2) is 83.5 Å². The van der Waals surface area contributed by atoms with E-state index >= 15 is 0 Å². The number of furan rings is 1. The van der Waals surface area contributed by atoms with Gasteiger partial charge in [0.1, 0.15) is 41.8 Å². The minimum Gasteiger partial charge on any atom is -0.487 e. The average molecular weight is 567 g/mol. The van der Waals surface area contributed by atoms with Crippen LogP contribution < -0.4 is 15.4 Å². The highest BCUT2D eigenvalue weighted by atomic mass is 35.5. The molecule has 10 heteroatoms. The third-order valence-corrected chi connectivity index (χ3v) is 6.96. The summed E-state index contributed by atoms with van der Waals surface area (Å²) >= 11 is 10.6. The Morgan fingerprint density at radius 1 is 1.03 bits per heavy atom. The van der Waals surface area contributed by atoms with E-state index in [0.29, 0.717) is 23.1 Å². The topological polar surface area (TPSA) is 72.2 Å². The van der Waals surface area contributed by atoms with Crippen LogP contribution in [0.5, 0.6) is 5.75 Å². The van der Waals surface area contributed by atoms with Crippen LogP contribution >= 0.6 is 34.1 Å². The molecular formula is C28H24ClFN4O2S2. The Morgan fingerprint density at radius 2 is 1.95 bits per heavy atom. The predicted molar refractivity (Wildman–Crippen MR) is 156 cm³/mol. The number of ether oxygens (including phenoxy) is 1. The standard InChI is InChI=1S/C28H24ClFN4O2S2/c29-24-14-21(5-8-27(24)35-16-18-2-1-3-20(30)12-18)34-28-23-13-19(4-7-25(23)32-17-33-28)26-9-6-22(36-26)15-31-10-11-38-37/h1-9,12-14,17,31,37H,10-11,15-16H2,(H,32,33,34). The molecule has 0 aliphatic carbocycles. The van der Waals surface area contributed by atoms with Crippen LogP contribution in [0, 0.1) is 5.82 Å². The molecule has 194 valence electrons. The van der Waals surface area contributed by atoms with Crippen LogP contribution in [-0.4, -0.2) is 22.3 Å². The van der Waals surface area contributed by atoms with E-state index in [1.54, 1.807) is 24.3 Å². The summed E-state index contributed by atoms with van der Waals surface area (Å²) in [7, 11) is 1.50. The molecule has 3 aromatic carbocycles. The lowest BCUT2D eigenvalue weighted by atomic mass is 10.1. The second kappa shape index (κ2) is 12.5. The van der Waals surface area contributed by atoms with Crippen LogP contribution in [-0.2, 0) is 13.2 Å². The number of nitrogens with zero attached hydrogens (tertiary/aromatic N) is 2. The number of rotatable bonds is 11. The molecule has 0 radical (unpaired) electrons. The molecule has 0 unspecified atom stereocenters. The number of thiol groups is 1. The summed E-state index contributed by atoms with van der Waals surface area (Å²) in [5.41, 5.74) is 3.18. The van der Waals surface area contributed by atoms with Gasteiger partial charge < -0.3 is 19.8 Å². The largest absolute Gasteiger partial charge is 0.487 e. The van der Waals surface area contributed by atoms with Gasteiger partial charge in [0, 0.05) is 28.9 Å². The number of benzene rings is 3. The van der Waals surface area contributed by atoms with Crippen LogP contribution in [0.25, 0.3) is 22.2 Å². The lowest BCUT2D eigenvalue weighted by Crippen LogP contribution is -2.15. The van der Waals surface area contributed by atoms with E-state index in [4.69, 9.17) is 20.8 Å². The van der Waals surface area contributed by atoms with E-state index in [9.17, 15) is 4.39 Å². The molecule has 6 nitrogen and oxygen atoms in total. The SMILES string of the molecule is Fc1cccc(COc2ccc(Nc3ncnc4ccc(-c5ccc(CNCCSS)o5)cc34)cc2Cl)c1. The van der Waals surface area contributed by atoms with Crippen molar-refractivity contribution in [2.24, 2.45) is 0 Å². The van der Waals surface area contributed by atoms with Crippen LogP contribution in [0.2, 0.25) is 5.02 Å². The molecule has 0 aliphatic heterocycles. The first-order chi connectivity index (χ1) is 18.6. The summed E-state index contributed by atoms with van der Waals surface area (Å²) in [6, 6.07) is 21.5. The van der Waals surface area contributed by atoms with Crippen molar-refractivity contribution in [2.75, 3.05) is 17.6 Å². The summed E-state index contributed by atoms with van der Waals surface area (Å²) in [5, 5.41) is 7.93. The Balaban J connectivity index is 1.31. The number of fused-ring (bicyclic) bond motifs is 1. The number of hydrogen-bond acceptors (Lipinski definition) is 8. The zero-order valence-electron chi connectivity index (χ0n) is 20.2. The van der Waals surface area contributed by atoms with Gasteiger partial charge in [-0.1, -0.05) is 34.5 Å². The van der Waals surface area contributed by atoms with Gasteiger partial charge in [0.25, 0.3) is 0 Å². The molecular weight excluding hydrogens is 543 g/mol. The average Bonchev–Trinajstić information content (AvgIpc) is 3.40. The first-order valence-electron chi connectivity index (χ1n) is 11.8.